The van der Waals surface area contributed by atoms with Crippen LogP contribution >= 0.6 is 0 Å². The average Bonchev–Trinajstić information content (AvgIpc) is 3.13. The average molecular weight is 385 g/mol. The molecule has 4 rings (SSSR count). The Balaban J connectivity index is 1.73. The lowest BCUT2D eigenvalue weighted by Crippen LogP contribution is -1.95. The van der Waals surface area contributed by atoms with E-state index in [0.29, 0.717) is 6.42 Å². The number of nitrogens with one attached hydrogen (secondary N) is 1. The topological polar surface area (TPSA) is 78.9 Å². The molecule has 0 saturated heterocycles. The van der Waals surface area contributed by atoms with Gasteiger partial charge in [-0.3, -0.25) is 4.79 Å². The minimum atomic E-state index is -0.750. The van der Waals surface area contributed by atoms with Gasteiger partial charge in [-0.05, 0) is 32.3 Å². The minimum Gasteiger partial charge on any atom is -0.481 e. The van der Waals surface area contributed by atoms with Crippen LogP contribution in [0.5, 0.6) is 0 Å². The van der Waals surface area contributed by atoms with Crippen LogP contribution in [0.25, 0.3) is 33.7 Å². The number of rotatable bonds is 7. The second-order valence-electron chi connectivity index (χ2n) is 7.28. The Kier molecular flexibility index (Phi) is 5.38. The number of unbranched alkanes of at least 4 members (excludes halogenated alkanes) is 1. The van der Waals surface area contributed by atoms with Crippen LogP contribution in [-0.2, 0) is 11.2 Å². The molecule has 29 heavy (non-hydrogen) atoms. The smallest absolute Gasteiger partial charge is 0.303 e. The molecule has 2 N–H and O–H groups in total. The molecule has 146 valence electrons. The Bertz CT molecular complexity index is 1130. The normalized spacial score (nSPS) is 11.1. The number of benzene rings is 2. The third kappa shape index (κ3) is 4.35. The van der Waals surface area contributed by atoms with Gasteiger partial charge in [0.05, 0.1) is 11.4 Å². The van der Waals surface area contributed by atoms with E-state index in [1.54, 1.807) is 0 Å². The van der Waals surface area contributed by atoms with Gasteiger partial charge in [0.15, 0.2) is 5.65 Å². The van der Waals surface area contributed by atoms with Gasteiger partial charge < -0.3 is 10.1 Å². The molecule has 0 unspecified atom stereocenters. The van der Waals surface area contributed by atoms with Crippen LogP contribution in [-0.4, -0.2) is 26.0 Å². The first-order chi connectivity index (χ1) is 14.1. The summed E-state index contributed by atoms with van der Waals surface area (Å²) in [5.74, 6) is -0.750. The van der Waals surface area contributed by atoms with Crippen LogP contribution in [0.15, 0.2) is 60.7 Å². The maximum atomic E-state index is 10.7. The van der Waals surface area contributed by atoms with Gasteiger partial charge >= 0.3 is 5.97 Å². The fourth-order valence-electron chi connectivity index (χ4n) is 3.43. The third-order valence-electron chi connectivity index (χ3n) is 4.97. The summed E-state index contributed by atoms with van der Waals surface area (Å²) in [4.78, 5) is 23.9. The van der Waals surface area contributed by atoms with Crippen LogP contribution in [0.4, 0.5) is 0 Å². The molecule has 0 fully saturated rings. The van der Waals surface area contributed by atoms with Crippen molar-refractivity contribution in [2.75, 3.05) is 0 Å². The molecule has 0 amide bonds. The summed E-state index contributed by atoms with van der Waals surface area (Å²) >= 11 is 0. The van der Waals surface area contributed by atoms with E-state index in [0.717, 1.165) is 52.2 Å². The van der Waals surface area contributed by atoms with Gasteiger partial charge in [-0.2, -0.15) is 0 Å². The Hall–Kier alpha value is -3.47. The van der Waals surface area contributed by atoms with Crippen molar-refractivity contribution in [2.45, 2.75) is 32.6 Å². The zero-order chi connectivity index (χ0) is 20.2. The quantitative estimate of drug-likeness (QED) is 0.418. The van der Waals surface area contributed by atoms with Gasteiger partial charge in [-0.25, -0.2) is 9.97 Å². The summed E-state index contributed by atoms with van der Waals surface area (Å²) in [6, 6.07) is 20.4. The van der Waals surface area contributed by atoms with Crippen LogP contribution in [0, 0.1) is 6.92 Å². The van der Waals surface area contributed by atoms with E-state index < -0.39 is 5.97 Å². The number of nitrogens with zero attached hydrogens (tertiary/aromatic N) is 2. The van der Waals surface area contributed by atoms with Crippen molar-refractivity contribution in [1.29, 1.82) is 0 Å². The number of carboxylic acids is 1. The molecule has 0 bridgehead atoms. The minimum absolute atomic E-state index is 0.201. The maximum Gasteiger partial charge on any atom is 0.303 e. The van der Waals surface area contributed by atoms with E-state index in [1.165, 1.54) is 5.56 Å². The van der Waals surface area contributed by atoms with Crippen LogP contribution in [0.2, 0.25) is 0 Å². The zero-order valence-corrected chi connectivity index (χ0v) is 16.4. The van der Waals surface area contributed by atoms with Crippen molar-refractivity contribution in [3.63, 3.8) is 0 Å². The molecule has 0 aliphatic rings. The monoisotopic (exact) mass is 385 g/mol. The lowest BCUT2D eigenvalue weighted by molar-refractivity contribution is -0.137. The first-order valence-corrected chi connectivity index (χ1v) is 9.84. The van der Waals surface area contributed by atoms with Gasteiger partial charge in [-0.15, -0.1) is 0 Å². The molecule has 0 spiro atoms. The van der Waals surface area contributed by atoms with Crippen molar-refractivity contribution < 1.29 is 9.90 Å². The number of aromatic nitrogens is 3. The SMILES string of the molecule is Cc1ccc(-c2nc3cc(CCCCC(=O)O)[nH]c3nc2-c2ccccc2)cc1. The van der Waals surface area contributed by atoms with Gasteiger partial charge in [0, 0.05) is 23.2 Å². The Labute approximate surface area is 169 Å². The van der Waals surface area contributed by atoms with Gasteiger partial charge in [0.2, 0.25) is 0 Å². The summed E-state index contributed by atoms with van der Waals surface area (Å²) in [7, 11) is 0. The highest BCUT2D eigenvalue weighted by atomic mass is 16.4. The molecule has 5 nitrogen and oxygen atoms in total. The summed E-state index contributed by atoms with van der Waals surface area (Å²) < 4.78 is 0. The molecular formula is C24H23N3O2. The Morgan fingerprint density at radius 2 is 1.62 bits per heavy atom. The van der Waals surface area contributed by atoms with E-state index in [2.05, 4.69) is 36.2 Å². The van der Waals surface area contributed by atoms with Crippen molar-refractivity contribution >= 4 is 17.1 Å². The number of aryl methyl sites for hydroxylation is 2. The second-order valence-corrected chi connectivity index (χ2v) is 7.28. The fraction of sp³-hybridized carbons (Fsp3) is 0.208. The molecule has 0 aliphatic carbocycles. The van der Waals surface area contributed by atoms with E-state index in [4.69, 9.17) is 15.1 Å². The molecule has 2 aromatic carbocycles. The summed E-state index contributed by atoms with van der Waals surface area (Å²) in [6.07, 6.45) is 2.46. The molecule has 0 saturated carbocycles. The van der Waals surface area contributed by atoms with Crippen molar-refractivity contribution in [3.8, 4) is 22.5 Å². The van der Waals surface area contributed by atoms with Gasteiger partial charge in [0.1, 0.15) is 5.52 Å². The highest BCUT2D eigenvalue weighted by molar-refractivity contribution is 5.85. The maximum absolute atomic E-state index is 10.7. The van der Waals surface area contributed by atoms with E-state index in [9.17, 15) is 4.79 Å². The molecule has 0 atom stereocenters. The van der Waals surface area contributed by atoms with Crippen LogP contribution in [0.1, 0.15) is 30.5 Å². The van der Waals surface area contributed by atoms with Crippen LogP contribution < -0.4 is 0 Å². The number of carboxylic acid groups (broad SMARTS) is 1. The van der Waals surface area contributed by atoms with Gasteiger partial charge in [-0.1, -0.05) is 60.2 Å². The largest absolute Gasteiger partial charge is 0.481 e. The first-order valence-electron chi connectivity index (χ1n) is 9.84. The lowest BCUT2D eigenvalue weighted by atomic mass is 10.0. The first kappa shape index (κ1) is 18.9. The summed E-state index contributed by atoms with van der Waals surface area (Å²) in [5, 5.41) is 8.79. The van der Waals surface area contributed by atoms with Gasteiger partial charge in [0.25, 0.3) is 0 Å². The highest BCUT2D eigenvalue weighted by Crippen LogP contribution is 2.31. The molecular weight excluding hydrogens is 362 g/mol. The number of aromatic amines is 1. The predicted octanol–water partition coefficient (Wildman–Crippen LogP) is 5.40. The predicted molar refractivity (Wildman–Crippen MR) is 115 cm³/mol. The molecule has 4 aromatic rings. The zero-order valence-electron chi connectivity index (χ0n) is 16.4. The number of fused-ring (bicyclic) bond motifs is 1. The highest BCUT2D eigenvalue weighted by Gasteiger charge is 2.15. The fourth-order valence-corrected chi connectivity index (χ4v) is 3.43. The third-order valence-corrected chi connectivity index (χ3v) is 4.97. The number of H-pyrrole nitrogens is 1. The van der Waals surface area contributed by atoms with Crippen LogP contribution in [0.3, 0.4) is 0 Å². The lowest BCUT2D eigenvalue weighted by Gasteiger charge is -2.09. The van der Waals surface area contributed by atoms with Crippen molar-refractivity contribution in [2.24, 2.45) is 0 Å². The number of hydrogen-bond donors (Lipinski definition) is 2. The molecule has 0 aliphatic heterocycles. The summed E-state index contributed by atoms with van der Waals surface area (Å²) in [6.45, 7) is 2.07. The molecule has 0 radical (unpaired) electrons. The van der Waals surface area contributed by atoms with E-state index >= 15 is 0 Å². The van der Waals surface area contributed by atoms with Crippen molar-refractivity contribution in [1.82, 2.24) is 15.0 Å². The second kappa shape index (κ2) is 8.27. The number of carbonyl (C=O) groups is 1. The molecule has 5 heteroatoms. The molecule has 2 aromatic heterocycles. The summed E-state index contributed by atoms with van der Waals surface area (Å²) in [5.41, 5.74) is 7.59. The number of hydrogen-bond acceptors (Lipinski definition) is 3. The Morgan fingerprint density at radius 3 is 2.34 bits per heavy atom. The molecule has 2 heterocycles. The Morgan fingerprint density at radius 1 is 0.931 bits per heavy atom. The van der Waals surface area contributed by atoms with Crippen molar-refractivity contribution in [3.05, 3.63) is 71.9 Å². The standard InChI is InChI=1S/C24H23N3O2/c1-16-11-13-18(14-12-16)22-23(17-7-3-2-4-8-17)27-24-20(26-22)15-19(25-24)9-5-6-10-21(28)29/h2-4,7-8,11-15H,5-6,9-10H2,1H3,(H,25,27)(H,28,29). The van der Waals surface area contributed by atoms with E-state index in [-0.39, 0.29) is 6.42 Å². The van der Waals surface area contributed by atoms with E-state index in [1.807, 2.05) is 36.4 Å². The number of aliphatic carboxylic acids is 1.